The predicted molar refractivity (Wildman–Crippen MR) is 116 cm³/mol. The van der Waals surface area contributed by atoms with Gasteiger partial charge in [0.1, 0.15) is 5.82 Å². The minimum absolute atomic E-state index is 0.131. The number of benzene rings is 2. The Morgan fingerprint density at radius 2 is 1.87 bits per heavy atom. The Morgan fingerprint density at radius 3 is 2.63 bits per heavy atom. The minimum Gasteiger partial charge on any atom is -0.462 e. The van der Waals surface area contributed by atoms with Gasteiger partial charge in [-0.15, -0.1) is 0 Å². The van der Waals surface area contributed by atoms with Crippen LogP contribution in [0.4, 0.5) is 5.69 Å². The van der Waals surface area contributed by atoms with E-state index in [1.165, 1.54) is 0 Å². The molecule has 1 saturated heterocycles. The maximum absolute atomic E-state index is 12.6. The average Bonchev–Trinajstić information content (AvgIpc) is 3.19. The van der Waals surface area contributed by atoms with Gasteiger partial charge in [-0.2, -0.15) is 0 Å². The molecule has 0 atom stereocenters. The Hall–Kier alpha value is -3.19. The second-order valence-electron chi connectivity index (χ2n) is 7.50. The molecule has 0 radical (unpaired) electrons. The molecule has 7 heteroatoms. The number of H-pyrrole nitrogens is 1. The molecule has 2 heterocycles. The molecule has 1 fully saturated rings. The van der Waals surface area contributed by atoms with Crippen molar-refractivity contribution in [3.8, 4) is 0 Å². The van der Waals surface area contributed by atoms with E-state index in [1.807, 2.05) is 24.3 Å². The molecular formula is C23H26N4O3. The van der Waals surface area contributed by atoms with Crippen LogP contribution in [0.3, 0.4) is 0 Å². The number of piperidine rings is 1. The zero-order valence-corrected chi connectivity index (χ0v) is 17.1. The summed E-state index contributed by atoms with van der Waals surface area (Å²) in [5, 5.41) is 2.86. The van der Waals surface area contributed by atoms with Crippen LogP contribution in [-0.4, -0.2) is 53.0 Å². The average molecular weight is 406 g/mol. The lowest BCUT2D eigenvalue weighted by atomic mass is 9.96. The number of aromatic nitrogens is 2. The Bertz CT molecular complexity index is 1000. The van der Waals surface area contributed by atoms with E-state index in [0.29, 0.717) is 30.3 Å². The molecule has 0 saturated carbocycles. The van der Waals surface area contributed by atoms with Gasteiger partial charge in [0.15, 0.2) is 0 Å². The number of likely N-dealkylation sites (tertiary alicyclic amines) is 1. The summed E-state index contributed by atoms with van der Waals surface area (Å²) in [6.07, 6.45) is 1.90. The van der Waals surface area contributed by atoms with E-state index in [9.17, 15) is 9.59 Å². The highest BCUT2D eigenvalue weighted by atomic mass is 16.5. The maximum Gasteiger partial charge on any atom is 0.340 e. The van der Waals surface area contributed by atoms with E-state index >= 15 is 0 Å². The minimum atomic E-state index is -0.431. The first-order valence-electron chi connectivity index (χ1n) is 10.4. The smallest absolute Gasteiger partial charge is 0.340 e. The number of carbonyl (C=O) groups is 2. The zero-order chi connectivity index (χ0) is 20.9. The van der Waals surface area contributed by atoms with Crippen LogP contribution in [0.5, 0.6) is 0 Å². The van der Waals surface area contributed by atoms with Crippen molar-refractivity contribution in [3.63, 3.8) is 0 Å². The maximum atomic E-state index is 12.6. The van der Waals surface area contributed by atoms with Gasteiger partial charge in [-0.3, -0.25) is 9.69 Å². The first kappa shape index (κ1) is 20.1. The van der Waals surface area contributed by atoms with Crippen LogP contribution in [-0.2, 0) is 9.53 Å². The number of fused-ring (bicyclic) bond motifs is 1. The van der Waals surface area contributed by atoms with Crippen LogP contribution in [0, 0.1) is 0 Å². The van der Waals surface area contributed by atoms with E-state index in [4.69, 9.17) is 9.72 Å². The monoisotopic (exact) mass is 406 g/mol. The highest BCUT2D eigenvalue weighted by Crippen LogP contribution is 2.27. The number of hydrogen-bond acceptors (Lipinski definition) is 5. The summed E-state index contributed by atoms with van der Waals surface area (Å²) in [7, 11) is 0. The van der Waals surface area contributed by atoms with E-state index in [1.54, 1.807) is 31.2 Å². The molecule has 156 valence electrons. The number of anilines is 1. The molecule has 0 bridgehead atoms. The van der Waals surface area contributed by atoms with Crippen molar-refractivity contribution in [3.05, 3.63) is 59.9 Å². The topological polar surface area (TPSA) is 87.3 Å². The summed E-state index contributed by atoms with van der Waals surface area (Å²) in [5.74, 6) is 0.846. The molecule has 1 aliphatic heterocycles. The number of aromatic amines is 1. The fourth-order valence-electron chi connectivity index (χ4n) is 3.90. The van der Waals surface area contributed by atoms with Gasteiger partial charge in [0, 0.05) is 5.92 Å². The number of rotatable bonds is 6. The summed E-state index contributed by atoms with van der Waals surface area (Å²) < 4.78 is 5.07. The fraction of sp³-hybridized carbons (Fsp3) is 0.348. The number of nitrogens with zero attached hydrogens (tertiary/aromatic N) is 2. The molecule has 3 aromatic rings. The SMILES string of the molecule is CCOC(=O)c1ccccc1NC(=O)CN1CCC(c2nc3ccccc3[nH]2)CC1. The molecule has 0 aliphatic carbocycles. The molecule has 7 nitrogen and oxygen atoms in total. The quantitative estimate of drug-likeness (QED) is 0.611. The van der Waals surface area contributed by atoms with Crippen LogP contribution in [0.2, 0.25) is 0 Å². The first-order valence-corrected chi connectivity index (χ1v) is 10.4. The van der Waals surface area contributed by atoms with Crippen LogP contribution in [0.25, 0.3) is 11.0 Å². The first-order chi connectivity index (χ1) is 14.6. The number of para-hydroxylation sites is 3. The number of hydrogen-bond donors (Lipinski definition) is 2. The number of imidazole rings is 1. The summed E-state index contributed by atoms with van der Waals surface area (Å²) in [4.78, 5) is 34.9. The van der Waals surface area contributed by atoms with Crippen molar-refractivity contribution in [2.75, 3.05) is 31.6 Å². The van der Waals surface area contributed by atoms with Crippen LogP contribution >= 0.6 is 0 Å². The van der Waals surface area contributed by atoms with Crippen molar-refractivity contribution in [2.45, 2.75) is 25.7 Å². The summed E-state index contributed by atoms with van der Waals surface area (Å²) in [6, 6.07) is 15.0. The molecule has 0 unspecified atom stereocenters. The van der Waals surface area contributed by atoms with E-state index < -0.39 is 5.97 Å². The zero-order valence-electron chi connectivity index (χ0n) is 17.1. The van der Waals surface area contributed by atoms with Gasteiger partial charge in [0.2, 0.25) is 5.91 Å². The molecule has 2 aromatic carbocycles. The lowest BCUT2D eigenvalue weighted by Gasteiger charge is -2.30. The lowest BCUT2D eigenvalue weighted by Crippen LogP contribution is -2.39. The highest BCUT2D eigenvalue weighted by molar-refractivity contribution is 6.01. The Labute approximate surface area is 175 Å². The summed E-state index contributed by atoms with van der Waals surface area (Å²) >= 11 is 0. The van der Waals surface area contributed by atoms with Gasteiger partial charge in [0.05, 0.1) is 35.4 Å². The van der Waals surface area contributed by atoms with Gasteiger partial charge in [-0.1, -0.05) is 24.3 Å². The van der Waals surface area contributed by atoms with E-state index in [2.05, 4.69) is 15.2 Å². The molecule has 1 amide bonds. The van der Waals surface area contributed by atoms with Crippen LogP contribution in [0.15, 0.2) is 48.5 Å². The number of nitrogens with one attached hydrogen (secondary N) is 2. The van der Waals surface area contributed by atoms with Crippen LogP contribution in [0.1, 0.15) is 41.9 Å². The van der Waals surface area contributed by atoms with Crippen molar-refractivity contribution in [1.82, 2.24) is 14.9 Å². The van der Waals surface area contributed by atoms with Crippen molar-refractivity contribution in [1.29, 1.82) is 0 Å². The Morgan fingerprint density at radius 1 is 1.13 bits per heavy atom. The largest absolute Gasteiger partial charge is 0.462 e. The van der Waals surface area contributed by atoms with Gasteiger partial charge in [0.25, 0.3) is 0 Å². The second kappa shape index (κ2) is 9.09. The van der Waals surface area contributed by atoms with Crippen LogP contribution < -0.4 is 5.32 Å². The predicted octanol–water partition coefficient (Wildman–Crippen LogP) is 3.56. The van der Waals surface area contributed by atoms with E-state index in [0.717, 1.165) is 42.8 Å². The number of carbonyl (C=O) groups excluding carboxylic acids is 2. The molecule has 1 aliphatic rings. The third-order valence-corrected chi connectivity index (χ3v) is 5.45. The standard InChI is InChI=1S/C23H26N4O3/c1-2-30-23(29)17-7-3-4-8-18(17)24-21(28)15-27-13-11-16(12-14-27)22-25-19-9-5-6-10-20(19)26-22/h3-10,16H,2,11-15H2,1H3,(H,24,28)(H,25,26). The molecule has 0 spiro atoms. The van der Waals surface area contributed by atoms with Crippen molar-refractivity contribution >= 4 is 28.6 Å². The van der Waals surface area contributed by atoms with Crippen molar-refractivity contribution < 1.29 is 14.3 Å². The molecule has 30 heavy (non-hydrogen) atoms. The van der Waals surface area contributed by atoms with Gasteiger partial charge >= 0.3 is 5.97 Å². The fourth-order valence-corrected chi connectivity index (χ4v) is 3.90. The Kier molecular flexibility index (Phi) is 6.09. The Balaban J connectivity index is 1.32. The summed E-state index contributed by atoms with van der Waals surface area (Å²) in [6.45, 7) is 4.00. The molecule has 1 aromatic heterocycles. The lowest BCUT2D eigenvalue weighted by molar-refractivity contribution is -0.117. The normalized spacial score (nSPS) is 15.2. The third-order valence-electron chi connectivity index (χ3n) is 5.45. The number of amides is 1. The van der Waals surface area contributed by atoms with Crippen molar-refractivity contribution in [2.24, 2.45) is 0 Å². The third kappa shape index (κ3) is 4.52. The van der Waals surface area contributed by atoms with Gasteiger partial charge in [-0.25, -0.2) is 9.78 Å². The number of esters is 1. The molecular weight excluding hydrogens is 380 g/mol. The van der Waals surface area contributed by atoms with E-state index in [-0.39, 0.29) is 5.91 Å². The summed E-state index contributed by atoms with van der Waals surface area (Å²) in [5.41, 5.74) is 2.92. The highest BCUT2D eigenvalue weighted by Gasteiger charge is 2.24. The number of ether oxygens (including phenoxy) is 1. The van der Waals surface area contributed by atoms with Gasteiger partial charge in [-0.05, 0) is 57.1 Å². The molecule has 2 N–H and O–H groups in total. The van der Waals surface area contributed by atoms with Gasteiger partial charge < -0.3 is 15.0 Å². The molecule has 4 rings (SSSR count). The second-order valence-corrected chi connectivity index (χ2v) is 7.50.